The van der Waals surface area contributed by atoms with Gasteiger partial charge in [-0.2, -0.15) is 5.10 Å². The number of carbonyl (C=O) groups excluding carboxylic acids is 1. The number of para-hydroxylation sites is 1. The van der Waals surface area contributed by atoms with Gasteiger partial charge in [0.1, 0.15) is 5.75 Å². The Morgan fingerprint density at radius 1 is 1.09 bits per heavy atom. The number of carbonyl (C=O) groups is 1. The average molecular weight is 456 g/mol. The van der Waals surface area contributed by atoms with Gasteiger partial charge in [0, 0.05) is 29.9 Å². The summed E-state index contributed by atoms with van der Waals surface area (Å²) in [4.78, 5) is 14.9. The summed E-state index contributed by atoms with van der Waals surface area (Å²) < 4.78 is 5.62. The number of benzene rings is 3. The third-order valence-electron chi connectivity index (χ3n) is 6.26. The van der Waals surface area contributed by atoms with E-state index in [9.17, 15) is 4.79 Å². The smallest absolute Gasteiger partial charge is 0.271 e. The number of nitrogens with one attached hydrogen (secondary N) is 1. The van der Waals surface area contributed by atoms with Crippen molar-refractivity contribution in [2.75, 3.05) is 18.6 Å². The number of hydrogen-bond acceptors (Lipinski definition) is 4. The van der Waals surface area contributed by atoms with Gasteiger partial charge in [-0.3, -0.25) is 4.79 Å². The van der Waals surface area contributed by atoms with Crippen molar-refractivity contribution >= 4 is 17.8 Å². The Labute approximate surface area is 202 Å². The number of methoxy groups -OCH3 is 1. The highest BCUT2D eigenvalue weighted by Crippen LogP contribution is 2.30. The predicted molar refractivity (Wildman–Crippen MR) is 139 cm³/mol. The van der Waals surface area contributed by atoms with E-state index in [2.05, 4.69) is 66.5 Å². The van der Waals surface area contributed by atoms with Crippen LogP contribution in [0.15, 0.2) is 71.8 Å². The van der Waals surface area contributed by atoms with E-state index in [1.165, 1.54) is 16.8 Å². The molecule has 1 aliphatic rings. The van der Waals surface area contributed by atoms with E-state index >= 15 is 0 Å². The molecular weight excluding hydrogens is 422 g/mol. The van der Waals surface area contributed by atoms with Crippen molar-refractivity contribution in [1.29, 1.82) is 0 Å². The fourth-order valence-corrected chi connectivity index (χ4v) is 4.34. The van der Waals surface area contributed by atoms with E-state index in [1.54, 1.807) is 13.3 Å². The van der Waals surface area contributed by atoms with Crippen molar-refractivity contribution in [3.63, 3.8) is 0 Å². The fourth-order valence-electron chi connectivity index (χ4n) is 4.34. The summed E-state index contributed by atoms with van der Waals surface area (Å²) in [5.41, 5.74) is 9.15. The van der Waals surface area contributed by atoms with Crippen molar-refractivity contribution in [3.8, 4) is 5.75 Å². The zero-order valence-corrected chi connectivity index (χ0v) is 20.5. The van der Waals surface area contributed by atoms with Gasteiger partial charge >= 0.3 is 0 Å². The summed E-state index contributed by atoms with van der Waals surface area (Å²) in [5.74, 6) is 0.624. The standard InChI is InChI=1S/C29H33N3O2/c1-29(2,3)25-14-12-23(13-15-25)28(33)31-30-19-21-11-16-27(34-4)24(18-21)20-32-17-7-9-22-8-5-6-10-26(22)32/h5-6,8,10-16,18-19H,7,9,17,20H2,1-4H3,(H,31,33)/b30-19-. The van der Waals surface area contributed by atoms with Crippen molar-refractivity contribution in [1.82, 2.24) is 5.43 Å². The molecule has 0 unspecified atom stereocenters. The highest BCUT2D eigenvalue weighted by atomic mass is 16.5. The second-order valence-corrected chi connectivity index (χ2v) is 9.75. The normalized spacial score (nSPS) is 13.6. The Morgan fingerprint density at radius 2 is 1.85 bits per heavy atom. The van der Waals surface area contributed by atoms with Gasteiger partial charge in [0.25, 0.3) is 5.91 Å². The van der Waals surface area contributed by atoms with Crippen LogP contribution in [0.3, 0.4) is 0 Å². The molecule has 0 aliphatic carbocycles. The van der Waals surface area contributed by atoms with Gasteiger partial charge in [-0.1, -0.05) is 51.1 Å². The van der Waals surface area contributed by atoms with Gasteiger partial charge in [0.05, 0.1) is 13.3 Å². The lowest BCUT2D eigenvalue weighted by Gasteiger charge is -2.31. The number of nitrogens with zero attached hydrogens (tertiary/aromatic N) is 2. The summed E-state index contributed by atoms with van der Waals surface area (Å²) >= 11 is 0. The Kier molecular flexibility index (Phi) is 7.01. The lowest BCUT2D eigenvalue weighted by molar-refractivity contribution is 0.0955. The molecule has 3 aromatic rings. The van der Waals surface area contributed by atoms with Crippen molar-refractivity contribution in [2.45, 2.75) is 45.6 Å². The highest BCUT2D eigenvalue weighted by molar-refractivity contribution is 5.95. The van der Waals surface area contributed by atoms with Crippen LogP contribution in [0.1, 0.15) is 59.8 Å². The molecule has 1 aliphatic heterocycles. The van der Waals surface area contributed by atoms with Crippen LogP contribution in [0.5, 0.6) is 5.75 Å². The maximum absolute atomic E-state index is 12.5. The first-order chi connectivity index (χ1) is 16.3. The molecule has 1 N–H and O–H groups in total. The van der Waals surface area contributed by atoms with E-state index in [4.69, 9.17) is 4.74 Å². The Bertz CT molecular complexity index is 1180. The van der Waals surface area contributed by atoms with Gasteiger partial charge in [-0.25, -0.2) is 5.43 Å². The van der Waals surface area contributed by atoms with E-state index in [0.717, 1.165) is 42.8 Å². The maximum atomic E-state index is 12.5. The van der Waals surface area contributed by atoms with Crippen LogP contribution in [0.4, 0.5) is 5.69 Å². The zero-order chi connectivity index (χ0) is 24.1. The van der Waals surface area contributed by atoms with Gasteiger partial charge in [-0.05, 0) is 71.3 Å². The first-order valence-electron chi connectivity index (χ1n) is 11.8. The second kappa shape index (κ2) is 10.1. The minimum atomic E-state index is -0.227. The Hall–Kier alpha value is -3.60. The van der Waals surface area contributed by atoms with Crippen molar-refractivity contribution < 1.29 is 9.53 Å². The topological polar surface area (TPSA) is 53.9 Å². The van der Waals surface area contributed by atoms with Crippen LogP contribution < -0.4 is 15.1 Å². The molecule has 0 atom stereocenters. The molecule has 0 radical (unpaired) electrons. The highest BCUT2D eigenvalue weighted by Gasteiger charge is 2.18. The predicted octanol–water partition coefficient (Wildman–Crippen LogP) is 5.71. The largest absolute Gasteiger partial charge is 0.496 e. The number of fused-ring (bicyclic) bond motifs is 1. The molecule has 3 aromatic carbocycles. The molecular formula is C29H33N3O2. The summed E-state index contributed by atoms with van der Waals surface area (Å²) in [5, 5.41) is 4.19. The molecule has 4 rings (SSSR count). The number of hydrogen-bond donors (Lipinski definition) is 1. The summed E-state index contributed by atoms with van der Waals surface area (Å²) in [6.45, 7) is 8.23. The molecule has 0 fully saturated rings. The molecule has 5 heteroatoms. The monoisotopic (exact) mass is 455 g/mol. The number of ether oxygens (including phenoxy) is 1. The van der Waals surface area contributed by atoms with Crippen molar-refractivity contribution in [2.24, 2.45) is 5.10 Å². The van der Waals surface area contributed by atoms with Crippen LogP contribution in [-0.4, -0.2) is 25.8 Å². The first-order valence-corrected chi connectivity index (χ1v) is 11.8. The van der Waals surface area contributed by atoms with Gasteiger partial charge < -0.3 is 9.64 Å². The minimum absolute atomic E-state index is 0.0511. The van der Waals surface area contributed by atoms with Gasteiger partial charge in [0.15, 0.2) is 0 Å². The maximum Gasteiger partial charge on any atom is 0.271 e. The molecule has 0 spiro atoms. The molecule has 1 amide bonds. The zero-order valence-electron chi connectivity index (χ0n) is 20.5. The Balaban J connectivity index is 1.45. The third kappa shape index (κ3) is 5.48. The fraction of sp³-hybridized carbons (Fsp3) is 0.310. The van der Waals surface area contributed by atoms with Crippen LogP contribution in [0.2, 0.25) is 0 Å². The molecule has 0 saturated heterocycles. The molecule has 0 aromatic heterocycles. The van der Waals surface area contributed by atoms with Gasteiger partial charge in [-0.15, -0.1) is 0 Å². The van der Waals surface area contributed by atoms with Crippen LogP contribution >= 0.6 is 0 Å². The third-order valence-corrected chi connectivity index (χ3v) is 6.26. The molecule has 5 nitrogen and oxygen atoms in total. The molecule has 34 heavy (non-hydrogen) atoms. The van der Waals surface area contributed by atoms with E-state index < -0.39 is 0 Å². The van der Waals surface area contributed by atoms with E-state index in [-0.39, 0.29) is 11.3 Å². The quantitative estimate of drug-likeness (QED) is 0.383. The number of rotatable bonds is 6. The van der Waals surface area contributed by atoms with Crippen LogP contribution in [-0.2, 0) is 18.4 Å². The lowest BCUT2D eigenvalue weighted by Crippen LogP contribution is -2.29. The SMILES string of the molecule is COc1ccc(/C=N\NC(=O)c2ccc(C(C)(C)C)cc2)cc1CN1CCCc2ccccc21. The Morgan fingerprint density at radius 3 is 2.59 bits per heavy atom. The number of hydrazone groups is 1. The number of aryl methyl sites for hydroxylation is 1. The second-order valence-electron chi connectivity index (χ2n) is 9.75. The number of anilines is 1. The summed E-state index contributed by atoms with van der Waals surface area (Å²) in [6.07, 6.45) is 3.94. The lowest BCUT2D eigenvalue weighted by atomic mass is 9.87. The summed E-state index contributed by atoms with van der Waals surface area (Å²) in [6, 6.07) is 22.2. The first kappa shape index (κ1) is 23.6. The van der Waals surface area contributed by atoms with Gasteiger partial charge in [0.2, 0.25) is 0 Å². The molecule has 1 heterocycles. The molecule has 176 valence electrons. The van der Waals surface area contributed by atoms with Crippen LogP contribution in [0, 0.1) is 0 Å². The molecule has 0 saturated carbocycles. The minimum Gasteiger partial charge on any atom is -0.496 e. The summed E-state index contributed by atoms with van der Waals surface area (Å²) in [7, 11) is 1.70. The average Bonchev–Trinajstić information content (AvgIpc) is 2.84. The van der Waals surface area contributed by atoms with E-state index in [1.807, 2.05) is 36.4 Å². The van der Waals surface area contributed by atoms with Crippen molar-refractivity contribution in [3.05, 3.63) is 94.5 Å². The molecule has 0 bridgehead atoms. The van der Waals surface area contributed by atoms with E-state index in [0.29, 0.717) is 5.56 Å². The number of amides is 1. The van der Waals surface area contributed by atoms with Crippen LogP contribution in [0.25, 0.3) is 0 Å².